The first-order valence-electron chi connectivity index (χ1n) is 10.2. The van der Waals surface area contributed by atoms with Crippen LogP contribution in [0, 0.1) is 11.7 Å². The molecule has 0 fully saturated rings. The van der Waals surface area contributed by atoms with Gasteiger partial charge in [-0.2, -0.15) is 0 Å². The number of halogens is 1. The van der Waals surface area contributed by atoms with Crippen LogP contribution in [0.4, 0.5) is 4.39 Å². The molecule has 0 radical (unpaired) electrons. The standard InChI is InChI=1S/C23H31FN2O3S/c1-18(2)14-22(27)25(11-5-12-29-3)17-23(28)26(16-21-6-4-13-30-21)15-19-7-9-20(24)10-8-19/h4,6-10,13,18H,5,11-12,14-17H2,1-3H3. The molecule has 5 nitrogen and oxygen atoms in total. The fourth-order valence-electron chi connectivity index (χ4n) is 3.07. The van der Waals surface area contributed by atoms with E-state index in [9.17, 15) is 14.0 Å². The number of carbonyl (C=O) groups is 2. The van der Waals surface area contributed by atoms with E-state index >= 15 is 0 Å². The highest BCUT2D eigenvalue weighted by Gasteiger charge is 2.22. The second-order valence-electron chi connectivity index (χ2n) is 7.72. The Morgan fingerprint density at radius 1 is 1.07 bits per heavy atom. The molecule has 0 aliphatic heterocycles. The molecular formula is C23H31FN2O3S. The zero-order valence-electron chi connectivity index (χ0n) is 18.0. The predicted molar refractivity (Wildman–Crippen MR) is 118 cm³/mol. The number of benzene rings is 1. The van der Waals surface area contributed by atoms with Crippen LogP contribution in [-0.2, 0) is 27.4 Å². The number of hydrogen-bond acceptors (Lipinski definition) is 4. The number of ether oxygens (including phenoxy) is 1. The van der Waals surface area contributed by atoms with Gasteiger partial charge < -0.3 is 14.5 Å². The first kappa shape index (κ1) is 24.0. The third kappa shape index (κ3) is 8.24. The van der Waals surface area contributed by atoms with Gasteiger partial charge in [0.05, 0.1) is 13.1 Å². The highest BCUT2D eigenvalue weighted by atomic mass is 32.1. The van der Waals surface area contributed by atoms with Gasteiger partial charge in [-0.05, 0) is 41.5 Å². The fourth-order valence-corrected chi connectivity index (χ4v) is 3.79. The van der Waals surface area contributed by atoms with Crippen molar-refractivity contribution in [3.05, 3.63) is 58.0 Å². The topological polar surface area (TPSA) is 49.9 Å². The summed E-state index contributed by atoms with van der Waals surface area (Å²) in [6.07, 6.45) is 1.08. The van der Waals surface area contributed by atoms with Crippen LogP contribution >= 0.6 is 11.3 Å². The number of methoxy groups -OCH3 is 1. The molecule has 30 heavy (non-hydrogen) atoms. The van der Waals surface area contributed by atoms with Gasteiger partial charge in [0.15, 0.2) is 0 Å². The summed E-state index contributed by atoms with van der Waals surface area (Å²) in [6.45, 7) is 5.85. The van der Waals surface area contributed by atoms with Crippen molar-refractivity contribution >= 4 is 23.2 Å². The molecule has 0 N–H and O–H groups in total. The quantitative estimate of drug-likeness (QED) is 0.467. The minimum Gasteiger partial charge on any atom is -0.385 e. The summed E-state index contributed by atoms with van der Waals surface area (Å²) in [5.41, 5.74) is 0.848. The SMILES string of the molecule is COCCCN(CC(=O)N(Cc1ccc(F)cc1)Cc1cccs1)C(=O)CC(C)C. The number of hydrogen-bond donors (Lipinski definition) is 0. The maximum Gasteiger partial charge on any atom is 0.242 e. The van der Waals surface area contributed by atoms with Gasteiger partial charge in [0.25, 0.3) is 0 Å². The van der Waals surface area contributed by atoms with Crippen LogP contribution in [0.3, 0.4) is 0 Å². The Hall–Kier alpha value is -2.25. The molecule has 164 valence electrons. The number of nitrogens with zero attached hydrogens (tertiary/aromatic N) is 2. The van der Waals surface area contributed by atoms with Crippen molar-refractivity contribution in [1.82, 2.24) is 9.80 Å². The molecule has 0 aliphatic rings. The summed E-state index contributed by atoms with van der Waals surface area (Å²) in [7, 11) is 1.62. The van der Waals surface area contributed by atoms with Gasteiger partial charge in [-0.1, -0.05) is 32.0 Å². The van der Waals surface area contributed by atoms with Gasteiger partial charge in [-0.3, -0.25) is 9.59 Å². The lowest BCUT2D eigenvalue weighted by Crippen LogP contribution is -2.43. The Balaban J connectivity index is 2.13. The zero-order chi connectivity index (χ0) is 21.9. The van der Waals surface area contributed by atoms with Gasteiger partial charge >= 0.3 is 0 Å². The van der Waals surface area contributed by atoms with Gasteiger partial charge in [0.2, 0.25) is 11.8 Å². The fraction of sp³-hybridized carbons (Fsp3) is 0.478. The maximum atomic E-state index is 13.3. The van der Waals surface area contributed by atoms with E-state index in [4.69, 9.17) is 4.74 Å². The van der Waals surface area contributed by atoms with Crippen molar-refractivity contribution in [2.75, 3.05) is 26.8 Å². The van der Waals surface area contributed by atoms with Gasteiger partial charge in [-0.25, -0.2) is 4.39 Å². The molecule has 0 bridgehead atoms. The molecular weight excluding hydrogens is 403 g/mol. The lowest BCUT2D eigenvalue weighted by molar-refractivity contribution is -0.141. The van der Waals surface area contributed by atoms with Crippen LogP contribution in [0.5, 0.6) is 0 Å². The molecule has 0 atom stereocenters. The normalized spacial score (nSPS) is 11.0. The van der Waals surface area contributed by atoms with E-state index in [1.165, 1.54) is 12.1 Å². The lowest BCUT2D eigenvalue weighted by atomic mass is 10.1. The van der Waals surface area contributed by atoms with E-state index in [0.717, 1.165) is 10.4 Å². The zero-order valence-corrected chi connectivity index (χ0v) is 18.8. The summed E-state index contributed by atoms with van der Waals surface area (Å²) in [4.78, 5) is 30.3. The summed E-state index contributed by atoms with van der Waals surface area (Å²) >= 11 is 1.58. The van der Waals surface area contributed by atoms with Gasteiger partial charge in [0, 0.05) is 38.1 Å². The third-order valence-electron chi connectivity index (χ3n) is 4.60. The minimum atomic E-state index is -0.307. The third-order valence-corrected chi connectivity index (χ3v) is 5.47. The molecule has 0 saturated heterocycles. The van der Waals surface area contributed by atoms with Crippen molar-refractivity contribution in [2.24, 2.45) is 5.92 Å². The highest BCUT2D eigenvalue weighted by Crippen LogP contribution is 2.16. The molecule has 2 amide bonds. The van der Waals surface area contributed by atoms with Crippen LogP contribution in [0.15, 0.2) is 41.8 Å². The molecule has 1 aromatic heterocycles. The Morgan fingerprint density at radius 2 is 1.80 bits per heavy atom. The van der Waals surface area contributed by atoms with Crippen LogP contribution in [-0.4, -0.2) is 48.4 Å². The highest BCUT2D eigenvalue weighted by molar-refractivity contribution is 7.09. The Kier molecular flexibility index (Phi) is 9.97. The monoisotopic (exact) mass is 434 g/mol. The maximum absolute atomic E-state index is 13.3. The average Bonchev–Trinajstić information content (AvgIpc) is 3.21. The summed E-state index contributed by atoms with van der Waals surface area (Å²) < 4.78 is 18.4. The van der Waals surface area contributed by atoms with E-state index in [-0.39, 0.29) is 30.1 Å². The predicted octanol–water partition coefficient (Wildman–Crippen LogP) is 4.33. The van der Waals surface area contributed by atoms with Crippen molar-refractivity contribution < 1.29 is 18.7 Å². The molecule has 1 heterocycles. The van der Waals surface area contributed by atoms with Crippen LogP contribution in [0.25, 0.3) is 0 Å². The summed E-state index contributed by atoms with van der Waals surface area (Å²) in [5, 5.41) is 1.97. The number of thiophene rings is 1. The molecule has 2 rings (SSSR count). The smallest absolute Gasteiger partial charge is 0.242 e. The molecule has 0 spiro atoms. The first-order chi connectivity index (χ1) is 14.4. The van der Waals surface area contributed by atoms with Crippen molar-refractivity contribution in [1.29, 1.82) is 0 Å². The number of amides is 2. The van der Waals surface area contributed by atoms with Crippen LogP contribution in [0.1, 0.15) is 37.1 Å². The number of carbonyl (C=O) groups excluding carboxylic acids is 2. The van der Waals surface area contributed by atoms with E-state index in [0.29, 0.717) is 39.1 Å². The van der Waals surface area contributed by atoms with Gasteiger partial charge in [0.1, 0.15) is 5.82 Å². The first-order valence-corrected chi connectivity index (χ1v) is 11.1. The Morgan fingerprint density at radius 3 is 2.40 bits per heavy atom. The lowest BCUT2D eigenvalue weighted by Gasteiger charge is -2.28. The van der Waals surface area contributed by atoms with E-state index in [1.807, 2.05) is 31.4 Å². The van der Waals surface area contributed by atoms with Crippen LogP contribution < -0.4 is 0 Å². The van der Waals surface area contributed by atoms with Crippen molar-refractivity contribution in [2.45, 2.75) is 39.8 Å². The molecule has 1 aromatic carbocycles. The minimum absolute atomic E-state index is 0.0210. The van der Waals surface area contributed by atoms with Crippen molar-refractivity contribution in [3.63, 3.8) is 0 Å². The second kappa shape index (κ2) is 12.4. The summed E-state index contributed by atoms with van der Waals surface area (Å²) in [5.74, 6) is -0.230. The van der Waals surface area contributed by atoms with Crippen LogP contribution in [0.2, 0.25) is 0 Å². The summed E-state index contributed by atoms with van der Waals surface area (Å²) in [6, 6.07) is 10.1. The molecule has 0 saturated carbocycles. The average molecular weight is 435 g/mol. The van der Waals surface area contributed by atoms with Crippen molar-refractivity contribution in [3.8, 4) is 0 Å². The van der Waals surface area contributed by atoms with Gasteiger partial charge in [-0.15, -0.1) is 11.3 Å². The van der Waals surface area contributed by atoms with E-state index in [2.05, 4.69) is 0 Å². The molecule has 7 heteroatoms. The molecule has 0 unspecified atom stereocenters. The Bertz CT molecular complexity index is 778. The molecule has 0 aliphatic carbocycles. The van der Waals surface area contributed by atoms with E-state index < -0.39 is 0 Å². The van der Waals surface area contributed by atoms with E-state index in [1.54, 1.807) is 40.4 Å². The second-order valence-corrected chi connectivity index (χ2v) is 8.75. The molecule has 2 aromatic rings. The Labute approximate surface area is 182 Å². The largest absolute Gasteiger partial charge is 0.385 e. The number of rotatable bonds is 12.